The molecule has 0 aliphatic heterocycles. The normalized spacial score (nSPS) is 12.6. The van der Waals surface area contributed by atoms with Crippen LogP contribution in [0.2, 0.25) is 5.02 Å². The van der Waals surface area contributed by atoms with Crippen molar-refractivity contribution in [3.63, 3.8) is 0 Å². The number of pyridine rings is 1. The lowest BCUT2D eigenvalue weighted by molar-refractivity contribution is -0.119. The summed E-state index contributed by atoms with van der Waals surface area (Å²) in [5, 5.41) is 3.19. The Balaban J connectivity index is 2.46. The van der Waals surface area contributed by atoms with Gasteiger partial charge in [-0.2, -0.15) is 0 Å². The maximum atomic E-state index is 12.0. The molecule has 6 nitrogen and oxygen atoms in total. The van der Waals surface area contributed by atoms with Gasteiger partial charge in [0.1, 0.15) is 0 Å². The molecule has 2 aromatic heterocycles. The maximum absolute atomic E-state index is 12.0. The number of halogens is 1. The molecule has 2 N–H and O–H groups in total. The summed E-state index contributed by atoms with van der Waals surface area (Å²) >= 11 is 5.91. The first-order chi connectivity index (χ1) is 9.02. The van der Waals surface area contributed by atoms with Crippen LogP contribution in [0.3, 0.4) is 0 Å². The van der Waals surface area contributed by atoms with Gasteiger partial charge in [0, 0.05) is 19.7 Å². The highest BCUT2D eigenvalue weighted by Crippen LogP contribution is 2.18. The van der Waals surface area contributed by atoms with Crippen LogP contribution in [0.25, 0.3) is 11.2 Å². The Morgan fingerprint density at radius 3 is 3.00 bits per heavy atom. The summed E-state index contributed by atoms with van der Waals surface area (Å²) in [6, 6.07) is 1.56. The molecule has 102 valence electrons. The van der Waals surface area contributed by atoms with Crippen molar-refractivity contribution in [2.75, 3.05) is 6.54 Å². The average Bonchev–Trinajstić information content (AvgIpc) is 2.66. The van der Waals surface area contributed by atoms with E-state index in [1.54, 1.807) is 10.6 Å². The molecule has 0 fully saturated rings. The quantitative estimate of drug-likeness (QED) is 0.891. The zero-order valence-corrected chi connectivity index (χ0v) is 11.5. The third-order valence-electron chi connectivity index (χ3n) is 2.96. The number of aromatic amines is 1. The lowest BCUT2D eigenvalue weighted by atomic mass is 10.2. The van der Waals surface area contributed by atoms with E-state index in [0.29, 0.717) is 29.2 Å². The second kappa shape index (κ2) is 5.44. The van der Waals surface area contributed by atoms with Crippen molar-refractivity contribution in [3.05, 3.63) is 27.8 Å². The van der Waals surface area contributed by atoms with Crippen molar-refractivity contribution >= 4 is 28.7 Å². The Bertz CT molecular complexity index is 661. The SMILES string of the molecule is CCC(CNC(C)=O)n1c(=O)[nH]c2ncc(Cl)cc21. The number of fused-ring (bicyclic) bond motifs is 1. The topological polar surface area (TPSA) is 79.8 Å². The van der Waals surface area contributed by atoms with Gasteiger partial charge in [-0.1, -0.05) is 18.5 Å². The number of imidazole rings is 1. The summed E-state index contributed by atoms with van der Waals surface area (Å²) in [6.45, 7) is 3.80. The Hall–Kier alpha value is -1.82. The third kappa shape index (κ3) is 2.78. The Morgan fingerprint density at radius 1 is 1.63 bits per heavy atom. The van der Waals surface area contributed by atoms with Gasteiger partial charge in [-0.15, -0.1) is 0 Å². The highest BCUT2D eigenvalue weighted by atomic mass is 35.5. The average molecular weight is 283 g/mol. The Kier molecular flexibility index (Phi) is 3.90. The highest BCUT2D eigenvalue weighted by molar-refractivity contribution is 6.31. The number of carbonyl (C=O) groups is 1. The molecule has 0 saturated heterocycles. The molecule has 0 spiro atoms. The zero-order valence-electron chi connectivity index (χ0n) is 10.7. The van der Waals surface area contributed by atoms with Gasteiger partial charge in [0.15, 0.2) is 5.65 Å². The van der Waals surface area contributed by atoms with Gasteiger partial charge in [-0.3, -0.25) is 14.3 Å². The maximum Gasteiger partial charge on any atom is 0.327 e. The van der Waals surface area contributed by atoms with Gasteiger partial charge in [0.05, 0.1) is 16.6 Å². The molecule has 1 atom stereocenters. The fraction of sp³-hybridized carbons (Fsp3) is 0.417. The number of carbonyl (C=O) groups excluding carboxylic acids is 1. The van der Waals surface area contributed by atoms with Gasteiger partial charge in [-0.05, 0) is 12.5 Å². The van der Waals surface area contributed by atoms with Crippen LogP contribution >= 0.6 is 11.6 Å². The predicted molar refractivity (Wildman–Crippen MR) is 73.4 cm³/mol. The number of rotatable bonds is 4. The molecule has 0 bridgehead atoms. The van der Waals surface area contributed by atoms with Crippen LogP contribution < -0.4 is 11.0 Å². The number of aromatic nitrogens is 3. The minimum absolute atomic E-state index is 0.123. The molecule has 7 heteroatoms. The Morgan fingerprint density at radius 2 is 2.37 bits per heavy atom. The van der Waals surface area contributed by atoms with Gasteiger partial charge < -0.3 is 5.32 Å². The lowest BCUT2D eigenvalue weighted by Crippen LogP contribution is -2.32. The molecular formula is C12H15ClN4O2. The Labute approximate surface area is 114 Å². The molecule has 19 heavy (non-hydrogen) atoms. The van der Waals surface area contributed by atoms with E-state index in [1.165, 1.54) is 13.1 Å². The standard InChI is InChI=1S/C12H15ClN4O2/c1-3-9(6-14-7(2)18)17-10-4-8(13)5-15-11(10)16-12(17)19/h4-5,9H,3,6H2,1-2H3,(H,14,18)(H,15,16,19). The molecule has 0 aliphatic rings. The van der Waals surface area contributed by atoms with E-state index in [1.807, 2.05) is 6.92 Å². The van der Waals surface area contributed by atoms with Crippen molar-refractivity contribution in [1.82, 2.24) is 19.9 Å². The van der Waals surface area contributed by atoms with Crippen LogP contribution in [-0.2, 0) is 4.79 Å². The van der Waals surface area contributed by atoms with E-state index in [9.17, 15) is 9.59 Å². The molecule has 0 radical (unpaired) electrons. The molecule has 1 amide bonds. The summed E-state index contributed by atoms with van der Waals surface area (Å²) in [4.78, 5) is 29.8. The zero-order chi connectivity index (χ0) is 14.0. The molecule has 2 aromatic rings. The fourth-order valence-corrected chi connectivity index (χ4v) is 2.17. The number of H-pyrrole nitrogens is 1. The lowest BCUT2D eigenvalue weighted by Gasteiger charge is -2.16. The molecule has 0 aliphatic carbocycles. The van der Waals surface area contributed by atoms with Crippen molar-refractivity contribution in [3.8, 4) is 0 Å². The van der Waals surface area contributed by atoms with Crippen LogP contribution in [-0.4, -0.2) is 27.0 Å². The van der Waals surface area contributed by atoms with Gasteiger partial charge >= 0.3 is 5.69 Å². The molecule has 0 aromatic carbocycles. The van der Waals surface area contributed by atoms with Gasteiger partial charge in [0.2, 0.25) is 5.91 Å². The molecular weight excluding hydrogens is 268 g/mol. The van der Waals surface area contributed by atoms with E-state index >= 15 is 0 Å². The summed E-state index contributed by atoms with van der Waals surface area (Å²) in [7, 11) is 0. The first-order valence-electron chi connectivity index (χ1n) is 6.03. The van der Waals surface area contributed by atoms with Crippen LogP contribution in [0.4, 0.5) is 0 Å². The van der Waals surface area contributed by atoms with E-state index in [4.69, 9.17) is 11.6 Å². The number of hydrogen-bond acceptors (Lipinski definition) is 3. The van der Waals surface area contributed by atoms with Crippen LogP contribution in [0.5, 0.6) is 0 Å². The van der Waals surface area contributed by atoms with Crippen molar-refractivity contribution in [2.24, 2.45) is 0 Å². The largest absolute Gasteiger partial charge is 0.354 e. The van der Waals surface area contributed by atoms with Crippen LogP contribution in [0.15, 0.2) is 17.1 Å². The van der Waals surface area contributed by atoms with E-state index in [-0.39, 0.29) is 17.6 Å². The van der Waals surface area contributed by atoms with Gasteiger partial charge in [-0.25, -0.2) is 9.78 Å². The predicted octanol–water partition coefficient (Wildman–Crippen LogP) is 1.47. The van der Waals surface area contributed by atoms with Crippen LogP contribution in [0, 0.1) is 0 Å². The minimum atomic E-state index is -0.248. The number of nitrogens with zero attached hydrogens (tertiary/aromatic N) is 2. The first-order valence-corrected chi connectivity index (χ1v) is 6.41. The minimum Gasteiger partial charge on any atom is -0.354 e. The van der Waals surface area contributed by atoms with E-state index < -0.39 is 0 Å². The number of amides is 1. The summed E-state index contributed by atoms with van der Waals surface area (Å²) < 4.78 is 1.59. The molecule has 2 rings (SSSR count). The second-order valence-corrected chi connectivity index (χ2v) is 4.76. The monoisotopic (exact) mass is 282 g/mol. The summed E-state index contributed by atoms with van der Waals surface area (Å²) in [5.41, 5.74) is 0.896. The highest BCUT2D eigenvalue weighted by Gasteiger charge is 2.16. The van der Waals surface area contributed by atoms with E-state index in [2.05, 4.69) is 15.3 Å². The smallest absolute Gasteiger partial charge is 0.327 e. The fourth-order valence-electron chi connectivity index (χ4n) is 2.02. The van der Waals surface area contributed by atoms with Crippen molar-refractivity contribution < 1.29 is 4.79 Å². The first kappa shape index (κ1) is 13.6. The summed E-state index contributed by atoms with van der Waals surface area (Å²) in [6.07, 6.45) is 2.19. The van der Waals surface area contributed by atoms with Gasteiger partial charge in [0.25, 0.3) is 0 Å². The van der Waals surface area contributed by atoms with E-state index in [0.717, 1.165) is 0 Å². The molecule has 1 unspecified atom stereocenters. The van der Waals surface area contributed by atoms with Crippen molar-refractivity contribution in [2.45, 2.75) is 26.3 Å². The molecule has 2 heterocycles. The second-order valence-electron chi connectivity index (χ2n) is 4.32. The third-order valence-corrected chi connectivity index (χ3v) is 3.17. The van der Waals surface area contributed by atoms with Crippen LogP contribution in [0.1, 0.15) is 26.3 Å². The molecule has 0 saturated carbocycles. The van der Waals surface area contributed by atoms with Crippen molar-refractivity contribution in [1.29, 1.82) is 0 Å². The number of nitrogens with one attached hydrogen (secondary N) is 2. The number of hydrogen-bond donors (Lipinski definition) is 2. The summed E-state index contributed by atoms with van der Waals surface area (Å²) in [5.74, 6) is -0.123.